The molecule has 16 heavy (non-hydrogen) atoms. The minimum absolute atomic E-state index is 0.306. The number of hydrogen-bond acceptors (Lipinski definition) is 5. The van der Waals surface area contributed by atoms with Crippen LogP contribution < -0.4 is 5.32 Å². The molecule has 4 nitrogen and oxygen atoms in total. The van der Waals surface area contributed by atoms with Crippen molar-refractivity contribution in [3.8, 4) is 0 Å². The van der Waals surface area contributed by atoms with E-state index in [2.05, 4.69) is 29.4 Å². The fourth-order valence-corrected chi connectivity index (χ4v) is 2.91. The zero-order valence-electron chi connectivity index (χ0n) is 9.90. The Balaban J connectivity index is 2.00. The molecule has 0 bridgehead atoms. The first-order valence-corrected chi connectivity index (χ1v) is 6.77. The van der Waals surface area contributed by atoms with Crippen molar-refractivity contribution in [1.82, 2.24) is 15.5 Å². The van der Waals surface area contributed by atoms with Gasteiger partial charge in [0, 0.05) is 12.5 Å². The van der Waals surface area contributed by atoms with Crippen LogP contribution in [0.1, 0.15) is 48.7 Å². The highest BCUT2D eigenvalue weighted by atomic mass is 32.1. The van der Waals surface area contributed by atoms with Gasteiger partial charge in [-0.05, 0) is 26.3 Å². The molecule has 1 aliphatic heterocycles. The summed E-state index contributed by atoms with van der Waals surface area (Å²) >= 11 is 1.72. The third kappa shape index (κ3) is 2.78. The van der Waals surface area contributed by atoms with Crippen molar-refractivity contribution in [2.45, 2.75) is 38.6 Å². The Hall–Kier alpha value is -0.520. The Labute approximate surface area is 100 Å². The van der Waals surface area contributed by atoms with Gasteiger partial charge in [-0.2, -0.15) is 0 Å². The molecule has 0 spiro atoms. The third-order valence-corrected chi connectivity index (χ3v) is 4.11. The fourth-order valence-electron chi connectivity index (χ4n) is 1.92. The van der Waals surface area contributed by atoms with Crippen molar-refractivity contribution in [1.29, 1.82) is 0 Å². The number of nitrogens with one attached hydrogen (secondary N) is 1. The lowest BCUT2D eigenvalue weighted by Crippen LogP contribution is -2.17. The molecule has 0 aliphatic carbocycles. The van der Waals surface area contributed by atoms with Gasteiger partial charge in [0.2, 0.25) is 0 Å². The molecular formula is C11H19N3OS. The van der Waals surface area contributed by atoms with Crippen LogP contribution in [0, 0.1) is 0 Å². The van der Waals surface area contributed by atoms with Crippen LogP contribution in [0.3, 0.4) is 0 Å². The molecule has 2 rings (SSSR count). The predicted molar refractivity (Wildman–Crippen MR) is 64.8 cm³/mol. The predicted octanol–water partition coefficient (Wildman–Crippen LogP) is 2.10. The van der Waals surface area contributed by atoms with Gasteiger partial charge in [-0.25, -0.2) is 0 Å². The summed E-state index contributed by atoms with van der Waals surface area (Å²) in [6.07, 6.45) is 2.33. The maximum Gasteiger partial charge on any atom is 0.134 e. The minimum Gasteiger partial charge on any atom is -0.381 e. The number of aromatic nitrogens is 2. The summed E-state index contributed by atoms with van der Waals surface area (Å²) in [6, 6.07) is 0.306. The van der Waals surface area contributed by atoms with Crippen LogP contribution in [-0.4, -0.2) is 30.0 Å². The molecule has 1 fully saturated rings. The molecule has 1 saturated heterocycles. The number of ether oxygens (including phenoxy) is 1. The van der Waals surface area contributed by atoms with E-state index >= 15 is 0 Å². The van der Waals surface area contributed by atoms with E-state index in [1.54, 1.807) is 11.3 Å². The molecule has 2 heterocycles. The van der Waals surface area contributed by atoms with E-state index in [1.165, 1.54) is 6.42 Å². The Morgan fingerprint density at radius 1 is 1.56 bits per heavy atom. The highest BCUT2D eigenvalue weighted by molar-refractivity contribution is 7.11. The van der Waals surface area contributed by atoms with Crippen LogP contribution >= 0.6 is 11.3 Å². The van der Waals surface area contributed by atoms with Gasteiger partial charge in [-0.15, -0.1) is 10.2 Å². The average molecular weight is 241 g/mol. The highest BCUT2D eigenvalue weighted by Gasteiger charge is 2.21. The molecule has 90 valence electrons. The molecule has 0 aromatic carbocycles. The first-order chi connectivity index (χ1) is 7.81. The van der Waals surface area contributed by atoms with Crippen molar-refractivity contribution in [3.63, 3.8) is 0 Å². The van der Waals surface area contributed by atoms with Gasteiger partial charge in [0.15, 0.2) is 0 Å². The van der Waals surface area contributed by atoms with Gasteiger partial charge >= 0.3 is 0 Å². The SMILES string of the molecule is CCNC(C)c1nnc(C2CCCOC2)s1. The molecule has 5 heteroatoms. The van der Waals surface area contributed by atoms with Crippen LogP contribution in [-0.2, 0) is 4.74 Å². The molecule has 1 aromatic rings. The van der Waals surface area contributed by atoms with Gasteiger partial charge in [0.1, 0.15) is 10.0 Å². The van der Waals surface area contributed by atoms with Crippen LogP contribution in [0.15, 0.2) is 0 Å². The van der Waals surface area contributed by atoms with Crippen molar-refractivity contribution >= 4 is 11.3 Å². The summed E-state index contributed by atoms with van der Waals surface area (Å²) < 4.78 is 5.48. The monoisotopic (exact) mass is 241 g/mol. The van der Waals surface area contributed by atoms with Crippen molar-refractivity contribution in [3.05, 3.63) is 10.0 Å². The zero-order valence-corrected chi connectivity index (χ0v) is 10.7. The number of hydrogen-bond donors (Lipinski definition) is 1. The first kappa shape index (κ1) is 12.0. The Morgan fingerprint density at radius 3 is 3.12 bits per heavy atom. The normalized spacial score (nSPS) is 23.2. The second-order valence-electron chi connectivity index (χ2n) is 4.17. The molecule has 0 radical (unpaired) electrons. The Morgan fingerprint density at radius 2 is 2.44 bits per heavy atom. The van der Waals surface area contributed by atoms with E-state index < -0.39 is 0 Å². The van der Waals surface area contributed by atoms with Crippen LogP contribution in [0.25, 0.3) is 0 Å². The third-order valence-electron chi connectivity index (χ3n) is 2.85. The molecule has 0 saturated carbocycles. The number of nitrogens with zero attached hydrogens (tertiary/aromatic N) is 2. The van der Waals surface area contributed by atoms with E-state index in [-0.39, 0.29) is 0 Å². The second-order valence-corrected chi connectivity index (χ2v) is 5.21. The largest absolute Gasteiger partial charge is 0.381 e. The minimum atomic E-state index is 0.306. The summed E-state index contributed by atoms with van der Waals surface area (Å²) in [5.41, 5.74) is 0. The summed E-state index contributed by atoms with van der Waals surface area (Å²) in [5.74, 6) is 0.467. The van der Waals surface area contributed by atoms with Gasteiger partial charge in [0.25, 0.3) is 0 Å². The molecule has 2 atom stereocenters. The second kappa shape index (κ2) is 5.70. The van der Waals surface area contributed by atoms with Gasteiger partial charge in [-0.1, -0.05) is 18.3 Å². The maximum atomic E-state index is 5.48. The molecule has 2 unspecified atom stereocenters. The summed E-state index contributed by atoms with van der Waals surface area (Å²) in [7, 11) is 0. The van der Waals surface area contributed by atoms with Crippen LogP contribution in [0.5, 0.6) is 0 Å². The van der Waals surface area contributed by atoms with Crippen molar-refractivity contribution < 1.29 is 4.74 Å². The average Bonchev–Trinajstić information content (AvgIpc) is 2.80. The zero-order chi connectivity index (χ0) is 11.4. The summed E-state index contributed by atoms with van der Waals surface area (Å²) in [6.45, 7) is 6.90. The standard InChI is InChI=1S/C11H19N3OS/c1-3-12-8(2)10-13-14-11(16-10)9-5-4-6-15-7-9/h8-9,12H,3-7H2,1-2H3. The highest BCUT2D eigenvalue weighted by Crippen LogP contribution is 2.29. The van der Waals surface area contributed by atoms with E-state index in [4.69, 9.17) is 4.74 Å². The Kier molecular flexibility index (Phi) is 4.26. The van der Waals surface area contributed by atoms with E-state index in [1.807, 2.05) is 0 Å². The van der Waals surface area contributed by atoms with Crippen molar-refractivity contribution in [2.75, 3.05) is 19.8 Å². The van der Waals surface area contributed by atoms with Gasteiger partial charge in [-0.3, -0.25) is 0 Å². The topological polar surface area (TPSA) is 47.0 Å². The summed E-state index contributed by atoms with van der Waals surface area (Å²) in [4.78, 5) is 0. The van der Waals surface area contributed by atoms with Gasteiger partial charge < -0.3 is 10.1 Å². The van der Waals surface area contributed by atoms with E-state index in [0.717, 1.165) is 36.2 Å². The Bertz CT molecular complexity index is 323. The fraction of sp³-hybridized carbons (Fsp3) is 0.818. The summed E-state index contributed by atoms with van der Waals surface area (Å²) in [5, 5.41) is 14.1. The molecule has 0 amide bonds. The van der Waals surface area contributed by atoms with Crippen LogP contribution in [0.2, 0.25) is 0 Å². The van der Waals surface area contributed by atoms with E-state index in [9.17, 15) is 0 Å². The lowest BCUT2D eigenvalue weighted by molar-refractivity contribution is 0.0802. The number of rotatable bonds is 4. The lowest BCUT2D eigenvalue weighted by Gasteiger charge is -2.19. The molecule has 1 N–H and O–H groups in total. The maximum absolute atomic E-state index is 5.48. The smallest absolute Gasteiger partial charge is 0.134 e. The molecule has 1 aromatic heterocycles. The van der Waals surface area contributed by atoms with E-state index in [0.29, 0.717) is 12.0 Å². The van der Waals surface area contributed by atoms with Crippen LogP contribution in [0.4, 0.5) is 0 Å². The van der Waals surface area contributed by atoms with Gasteiger partial charge in [0.05, 0.1) is 12.6 Å². The molecule has 1 aliphatic rings. The lowest BCUT2D eigenvalue weighted by atomic mass is 10.0. The van der Waals surface area contributed by atoms with Crippen molar-refractivity contribution in [2.24, 2.45) is 0 Å². The first-order valence-electron chi connectivity index (χ1n) is 5.95. The quantitative estimate of drug-likeness (QED) is 0.877. The molecular weight excluding hydrogens is 222 g/mol.